The molecule has 2 rings (SSSR count). The molecule has 1 saturated carbocycles. The first kappa shape index (κ1) is 13.7. The maximum Gasteiger partial charge on any atom is 0.0708 e. The quantitative estimate of drug-likeness (QED) is 0.738. The van der Waals surface area contributed by atoms with Crippen LogP contribution >= 0.6 is 11.8 Å². The van der Waals surface area contributed by atoms with Crippen LogP contribution in [0.3, 0.4) is 0 Å². The van der Waals surface area contributed by atoms with E-state index >= 15 is 0 Å². The smallest absolute Gasteiger partial charge is 0.0708 e. The standard InChI is InChI=1S/C14H27NOS/c1-12(17-2)6-10-15-11-13-5-9-14(16-13)7-3-4-8-14/h12-13,15H,3-11H2,1-2H3. The van der Waals surface area contributed by atoms with Crippen molar-refractivity contribution >= 4 is 11.8 Å². The number of rotatable bonds is 6. The van der Waals surface area contributed by atoms with Crippen molar-refractivity contribution in [1.29, 1.82) is 0 Å². The lowest BCUT2D eigenvalue weighted by molar-refractivity contribution is -0.0350. The van der Waals surface area contributed by atoms with Crippen molar-refractivity contribution in [3.05, 3.63) is 0 Å². The van der Waals surface area contributed by atoms with Gasteiger partial charge in [0.25, 0.3) is 0 Å². The minimum Gasteiger partial charge on any atom is -0.370 e. The fourth-order valence-electron chi connectivity index (χ4n) is 3.11. The van der Waals surface area contributed by atoms with Crippen LogP contribution in [0.2, 0.25) is 0 Å². The molecule has 1 spiro atoms. The summed E-state index contributed by atoms with van der Waals surface area (Å²) in [6.45, 7) is 4.49. The van der Waals surface area contributed by atoms with Gasteiger partial charge in [0, 0.05) is 11.8 Å². The highest BCUT2D eigenvalue weighted by atomic mass is 32.2. The summed E-state index contributed by atoms with van der Waals surface area (Å²) in [7, 11) is 0. The summed E-state index contributed by atoms with van der Waals surface area (Å²) in [5.74, 6) is 0. The van der Waals surface area contributed by atoms with Gasteiger partial charge in [0.2, 0.25) is 0 Å². The summed E-state index contributed by atoms with van der Waals surface area (Å²) in [6.07, 6.45) is 11.9. The zero-order valence-corrected chi connectivity index (χ0v) is 12.2. The van der Waals surface area contributed by atoms with Gasteiger partial charge in [-0.3, -0.25) is 0 Å². The van der Waals surface area contributed by atoms with E-state index < -0.39 is 0 Å². The van der Waals surface area contributed by atoms with Crippen molar-refractivity contribution in [3.63, 3.8) is 0 Å². The summed E-state index contributed by atoms with van der Waals surface area (Å²) in [4.78, 5) is 0. The van der Waals surface area contributed by atoms with Crippen LogP contribution in [-0.2, 0) is 4.74 Å². The van der Waals surface area contributed by atoms with E-state index in [1.54, 1.807) is 0 Å². The summed E-state index contributed by atoms with van der Waals surface area (Å²) in [6, 6.07) is 0. The van der Waals surface area contributed by atoms with Gasteiger partial charge in [0.15, 0.2) is 0 Å². The Morgan fingerprint density at radius 2 is 2.12 bits per heavy atom. The Hall–Kier alpha value is 0.270. The largest absolute Gasteiger partial charge is 0.370 e. The average Bonchev–Trinajstić information content (AvgIpc) is 2.96. The molecule has 0 aromatic heterocycles. The molecule has 2 unspecified atom stereocenters. The topological polar surface area (TPSA) is 21.3 Å². The van der Waals surface area contributed by atoms with Gasteiger partial charge in [-0.25, -0.2) is 0 Å². The fourth-order valence-corrected chi connectivity index (χ4v) is 3.47. The Kier molecular flexibility index (Phi) is 5.19. The van der Waals surface area contributed by atoms with Crippen LogP contribution < -0.4 is 5.32 Å². The first-order valence-electron chi connectivity index (χ1n) is 7.15. The molecule has 1 aliphatic carbocycles. The van der Waals surface area contributed by atoms with Crippen LogP contribution in [-0.4, -0.2) is 36.3 Å². The van der Waals surface area contributed by atoms with Crippen molar-refractivity contribution < 1.29 is 4.74 Å². The highest BCUT2D eigenvalue weighted by Gasteiger charge is 2.41. The third-order valence-electron chi connectivity index (χ3n) is 4.36. The van der Waals surface area contributed by atoms with Crippen LogP contribution in [0.5, 0.6) is 0 Å². The molecule has 0 bridgehead atoms. The number of hydrogen-bond donors (Lipinski definition) is 1. The third kappa shape index (κ3) is 3.87. The lowest BCUT2D eigenvalue weighted by atomic mass is 9.98. The Bertz CT molecular complexity index is 228. The Morgan fingerprint density at radius 1 is 1.35 bits per heavy atom. The highest BCUT2D eigenvalue weighted by Crippen LogP contribution is 2.43. The van der Waals surface area contributed by atoms with Gasteiger partial charge in [0.1, 0.15) is 0 Å². The Morgan fingerprint density at radius 3 is 2.82 bits per heavy atom. The molecule has 2 atom stereocenters. The molecule has 2 fully saturated rings. The molecule has 17 heavy (non-hydrogen) atoms. The molecule has 1 N–H and O–H groups in total. The van der Waals surface area contributed by atoms with Crippen LogP contribution in [0, 0.1) is 0 Å². The van der Waals surface area contributed by atoms with Gasteiger partial charge in [-0.1, -0.05) is 19.8 Å². The van der Waals surface area contributed by atoms with Crippen molar-refractivity contribution in [2.75, 3.05) is 19.3 Å². The SMILES string of the molecule is CSC(C)CCNCC1CCC2(CCCC2)O1. The molecule has 1 aliphatic heterocycles. The van der Waals surface area contributed by atoms with Crippen LogP contribution in [0.15, 0.2) is 0 Å². The molecule has 100 valence electrons. The van der Waals surface area contributed by atoms with E-state index in [0.717, 1.165) is 18.3 Å². The van der Waals surface area contributed by atoms with Crippen molar-refractivity contribution in [2.45, 2.75) is 68.8 Å². The molecular formula is C14H27NOS. The van der Waals surface area contributed by atoms with E-state index in [0.29, 0.717) is 11.7 Å². The van der Waals surface area contributed by atoms with E-state index in [-0.39, 0.29) is 0 Å². The number of nitrogens with one attached hydrogen (secondary N) is 1. The van der Waals surface area contributed by atoms with Crippen LogP contribution in [0.4, 0.5) is 0 Å². The van der Waals surface area contributed by atoms with Gasteiger partial charge >= 0.3 is 0 Å². The minimum absolute atomic E-state index is 0.304. The summed E-state index contributed by atoms with van der Waals surface area (Å²) < 4.78 is 6.28. The van der Waals surface area contributed by atoms with Crippen molar-refractivity contribution in [1.82, 2.24) is 5.32 Å². The molecule has 2 nitrogen and oxygen atoms in total. The van der Waals surface area contributed by atoms with Gasteiger partial charge < -0.3 is 10.1 Å². The summed E-state index contributed by atoms with van der Waals surface area (Å²) in [5.41, 5.74) is 0.304. The second-order valence-corrected chi connectivity index (χ2v) is 6.98. The first-order valence-corrected chi connectivity index (χ1v) is 8.44. The highest BCUT2D eigenvalue weighted by molar-refractivity contribution is 7.99. The van der Waals surface area contributed by atoms with Gasteiger partial charge in [-0.15, -0.1) is 0 Å². The van der Waals surface area contributed by atoms with Crippen molar-refractivity contribution in [2.24, 2.45) is 0 Å². The molecule has 0 amide bonds. The van der Waals surface area contributed by atoms with Gasteiger partial charge in [-0.2, -0.15) is 11.8 Å². The lowest BCUT2D eigenvalue weighted by Gasteiger charge is -2.24. The fraction of sp³-hybridized carbons (Fsp3) is 1.00. The molecule has 3 heteroatoms. The Balaban J connectivity index is 1.58. The van der Waals surface area contributed by atoms with E-state index in [2.05, 4.69) is 18.5 Å². The summed E-state index contributed by atoms with van der Waals surface area (Å²) in [5, 5.41) is 4.33. The predicted molar refractivity (Wildman–Crippen MR) is 75.8 cm³/mol. The number of thioether (sulfide) groups is 1. The molecule has 1 saturated heterocycles. The molecule has 0 aromatic rings. The number of hydrogen-bond acceptors (Lipinski definition) is 3. The Labute approximate surface area is 110 Å². The molecule has 0 aromatic carbocycles. The first-order chi connectivity index (χ1) is 8.24. The van der Waals surface area contributed by atoms with Crippen LogP contribution in [0.25, 0.3) is 0 Å². The normalized spacial score (nSPS) is 28.9. The average molecular weight is 257 g/mol. The monoisotopic (exact) mass is 257 g/mol. The second kappa shape index (κ2) is 6.44. The van der Waals surface area contributed by atoms with E-state index in [1.165, 1.54) is 44.9 Å². The zero-order valence-electron chi connectivity index (χ0n) is 11.3. The van der Waals surface area contributed by atoms with Crippen molar-refractivity contribution in [3.8, 4) is 0 Å². The minimum atomic E-state index is 0.304. The third-order valence-corrected chi connectivity index (χ3v) is 5.40. The molecular weight excluding hydrogens is 230 g/mol. The van der Waals surface area contributed by atoms with Crippen LogP contribution in [0.1, 0.15) is 51.9 Å². The van der Waals surface area contributed by atoms with E-state index in [1.807, 2.05) is 11.8 Å². The van der Waals surface area contributed by atoms with Gasteiger partial charge in [0.05, 0.1) is 11.7 Å². The zero-order chi connectivity index (χ0) is 12.1. The maximum absolute atomic E-state index is 6.28. The number of ether oxygens (including phenoxy) is 1. The van der Waals surface area contributed by atoms with E-state index in [9.17, 15) is 0 Å². The molecule has 1 heterocycles. The lowest BCUT2D eigenvalue weighted by Crippen LogP contribution is -2.32. The maximum atomic E-state index is 6.28. The predicted octanol–water partition coefficient (Wildman–Crippen LogP) is 3.21. The van der Waals surface area contributed by atoms with Gasteiger partial charge in [-0.05, 0) is 44.9 Å². The molecule has 2 aliphatic rings. The second-order valence-electron chi connectivity index (χ2n) is 5.71. The summed E-state index contributed by atoms with van der Waals surface area (Å²) >= 11 is 1.95. The molecule has 0 radical (unpaired) electrons. The van der Waals surface area contributed by atoms with E-state index in [4.69, 9.17) is 4.74 Å².